The molecule has 1 saturated heterocycles. The standard InChI is InChI=1S/C15H31N3/c1-16-15(13-7-5-4-6-8-13)11-14-12-17(2)9-10-18(14)3/h13-16H,4-12H2,1-3H3. The molecule has 1 aliphatic carbocycles. The Morgan fingerprint density at radius 1 is 1.11 bits per heavy atom. The normalized spacial score (nSPS) is 30.5. The molecule has 0 radical (unpaired) electrons. The topological polar surface area (TPSA) is 18.5 Å². The van der Waals surface area contributed by atoms with Crippen LogP contribution < -0.4 is 5.32 Å². The van der Waals surface area contributed by atoms with Gasteiger partial charge in [-0.2, -0.15) is 0 Å². The van der Waals surface area contributed by atoms with Crippen molar-refractivity contribution in [3.8, 4) is 0 Å². The summed E-state index contributed by atoms with van der Waals surface area (Å²) in [5.74, 6) is 0.921. The second-order valence-electron chi connectivity index (χ2n) is 6.43. The zero-order valence-electron chi connectivity index (χ0n) is 12.5. The highest BCUT2D eigenvalue weighted by Gasteiger charge is 2.29. The fraction of sp³-hybridized carbons (Fsp3) is 1.00. The molecule has 1 aliphatic heterocycles. The maximum atomic E-state index is 3.61. The molecule has 0 aromatic heterocycles. The predicted molar refractivity (Wildman–Crippen MR) is 78.0 cm³/mol. The van der Waals surface area contributed by atoms with Gasteiger partial charge in [-0.25, -0.2) is 0 Å². The van der Waals surface area contributed by atoms with E-state index >= 15 is 0 Å². The van der Waals surface area contributed by atoms with Gasteiger partial charge in [0.1, 0.15) is 0 Å². The van der Waals surface area contributed by atoms with E-state index < -0.39 is 0 Å². The molecule has 2 fully saturated rings. The summed E-state index contributed by atoms with van der Waals surface area (Å²) >= 11 is 0. The van der Waals surface area contributed by atoms with Gasteiger partial charge in [-0.3, -0.25) is 0 Å². The van der Waals surface area contributed by atoms with Crippen molar-refractivity contribution in [1.82, 2.24) is 15.1 Å². The summed E-state index contributed by atoms with van der Waals surface area (Å²) in [7, 11) is 6.71. The molecule has 2 unspecified atom stereocenters. The highest BCUT2D eigenvalue weighted by molar-refractivity contribution is 4.86. The molecule has 106 valence electrons. The molecule has 1 heterocycles. The first-order valence-electron chi connectivity index (χ1n) is 7.76. The van der Waals surface area contributed by atoms with Gasteiger partial charge in [0, 0.05) is 31.7 Å². The van der Waals surface area contributed by atoms with Gasteiger partial charge in [0.15, 0.2) is 0 Å². The molecule has 0 aromatic rings. The van der Waals surface area contributed by atoms with Crippen molar-refractivity contribution < 1.29 is 0 Å². The Labute approximate surface area is 113 Å². The SMILES string of the molecule is CNC(CC1CN(C)CCN1C)C1CCCCC1. The lowest BCUT2D eigenvalue weighted by Gasteiger charge is -2.41. The number of nitrogens with zero attached hydrogens (tertiary/aromatic N) is 2. The smallest absolute Gasteiger partial charge is 0.0235 e. The molecule has 0 bridgehead atoms. The van der Waals surface area contributed by atoms with Gasteiger partial charge in [-0.15, -0.1) is 0 Å². The lowest BCUT2D eigenvalue weighted by molar-refractivity contribution is 0.0918. The van der Waals surface area contributed by atoms with Crippen molar-refractivity contribution in [2.75, 3.05) is 40.8 Å². The van der Waals surface area contributed by atoms with E-state index in [4.69, 9.17) is 0 Å². The Balaban J connectivity index is 1.87. The largest absolute Gasteiger partial charge is 0.317 e. The van der Waals surface area contributed by atoms with E-state index in [1.54, 1.807) is 0 Å². The first-order chi connectivity index (χ1) is 8.70. The molecule has 18 heavy (non-hydrogen) atoms. The first-order valence-corrected chi connectivity index (χ1v) is 7.76. The van der Waals surface area contributed by atoms with Crippen molar-refractivity contribution in [3.63, 3.8) is 0 Å². The number of piperazine rings is 1. The Bertz CT molecular complexity index is 238. The number of nitrogens with one attached hydrogen (secondary N) is 1. The molecule has 1 N–H and O–H groups in total. The van der Waals surface area contributed by atoms with Crippen LogP contribution in [0.4, 0.5) is 0 Å². The van der Waals surface area contributed by atoms with E-state index in [2.05, 4.69) is 36.3 Å². The van der Waals surface area contributed by atoms with Crippen LogP contribution in [0.5, 0.6) is 0 Å². The maximum Gasteiger partial charge on any atom is 0.0235 e. The Kier molecular flexibility index (Phi) is 5.46. The molecular formula is C15H31N3. The first kappa shape index (κ1) is 14.3. The van der Waals surface area contributed by atoms with E-state index in [1.807, 2.05) is 0 Å². The minimum atomic E-state index is 0.726. The molecule has 3 nitrogen and oxygen atoms in total. The lowest BCUT2D eigenvalue weighted by atomic mass is 9.81. The van der Waals surface area contributed by atoms with Crippen molar-refractivity contribution in [1.29, 1.82) is 0 Å². The summed E-state index contributed by atoms with van der Waals surface area (Å²) in [6.45, 7) is 3.68. The van der Waals surface area contributed by atoms with Gasteiger partial charge in [-0.1, -0.05) is 19.3 Å². The Hall–Kier alpha value is -0.120. The number of hydrogen-bond donors (Lipinski definition) is 1. The van der Waals surface area contributed by atoms with Gasteiger partial charge < -0.3 is 15.1 Å². The zero-order valence-corrected chi connectivity index (χ0v) is 12.5. The molecule has 2 rings (SSSR count). The van der Waals surface area contributed by atoms with Crippen LogP contribution in [0.2, 0.25) is 0 Å². The summed E-state index contributed by atoms with van der Waals surface area (Å²) in [4.78, 5) is 5.05. The van der Waals surface area contributed by atoms with Crippen molar-refractivity contribution >= 4 is 0 Å². The van der Waals surface area contributed by atoms with Gasteiger partial charge >= 0.3 is 0 Å². The van der Waals surface area contributed by atoms with Crippen molar-refractivity contribution in [2.45, 2.75) is 50.6 Å². The summed E-state index contributed by atoms with van der Waals surface area (Å²) in [6, 6.07) is 1.47. The number of rotatable bonds is 4. The molecule has 1 saturated carbocycles. The second-order valence-corrected chi connectivity index (χ2v) is 6.43. The third-order valence-electron chi connectivity index (χ3n) is 5.10. The van der Waals surface area contributed by atoms with Gasteiger partial charge in [0.05, 0.1) is 0 Å². The van der Waals surface area contributed by atoms with Crippen LogP contribution in [0, 0.1) is 5.92 Å². The van der Waals surface area contributed by atoms with Crippen LogP contribution in [0.1, 0.15) is 38.5 Å². The zero-order chi connectivity index (χ0) is 13.0. The van der Waals surface area contributed by atoms with Crippen LogP contribution in [-0.2, 0) is 0 Å². The fourth-order valence-electron chi connectivity index (χ4n) is 3.73. The third kappa shape index (κ3) is 3.69. The quantitative estimate of drug-likeness (QED) is 0.824. The maximum absolute atomic E-state index is 3.61. The minimum Gasteiger partial charge on any atom is -0.317 e. The van der Waals surface area contributed by atoms with E-state index in [9.17, 15) is 0 Å². The Morgan fingerprint density at radius 3 is 2.50 bits per heavy atom. The molecule has 0 aromatic carbocycles. The monoisotopic (exact) mass is 253 g/mol. The molecule has 0 spiro atoms. The fourth-order valence-corrected chi connectivity index (χ4v) is 3.73. The molecule has 0 amide bonds. The van der Waals surface area contributed by atoms with Crippen LogP contribution in [-0.4, -0.2) is 62.7 Å². The van der Waals surface area contributed by atoms with Crippen molar-refractivity contribution in [3.05, 3.63) is 0 Å². The number of hydrogen-bond acceptors (Lipinski definition) is 3. The number of likely N-dealkylation sites (N-methyl/N-ethyl adjacent to an activating group) is 2. The minimum absolute atomic E-state index is 0.726. The van der Waals surface area contributed by atoms with Gasteiger partial charge in [-0.05, 0) is 46.3 Å². The summed E-state index contributed by atoms with van der Waals surface area (Å²) < 4.78 is 0. The van der Waals surface area contributed by atoms with E-state index in [0.29, 0.717) is 0 Å². The summed E-state index contributed by atoms with van der Waals surface area (Å²) in [6.07, 6.45) is 8.56. The lowest BCUT2D eigenvalue weighted by Crippen LogP contribution is -2.53. The highest BCUT2D eigenvalue weighted by atomic mass is 15.3. The summed E-state index contributed by atoms with van der Waals surface area (Å²) in [5.41, 5.74) is 0. The highest BCUT2D eigenvalue weighted by Crippen LogP contribution is 2.29. The predicted octanol–water partition coefficient (Wildman–Crippen LogP) is 1.79. The third-order valence-corrected chi connectivity index (χ3v) is 5.10. The Morgan fingerprint density at radius 2 is 1.83 bits per heavy atom. The molecule has 2 aliphatic rings. The van der Waals surface area contributed by atoms with Gasteiger partial charge in [0.2, 0.25) is 0 Å². The van der Waals surface area contributed by atoms with Gasteiger partial charge in [0.25, 0.3) is 0 Å². The van der Waals surface area contributed by atoms with E-state index in [0.717, 1.165) is 18.0 Å². The van der Waals surface area contributed by atoms with Crippen molar-refractivity contribution in [2.24, 2.45) is 5.92 Å². The van der Waals surface area contributed by atoms with Crippen LogP contribution in [0.25, 0.3) is 0 Å². The molecule has 2 atom stereocenters. The molecular weight excluding hydrogens is 222 g/mol. The van der Waals surface area contributed by atoms with E-state index in [1.165, 1.54) is 58.2 Å². The second kappa shape index (κ2) is 6.88. The molecule has 3 heteroatoms. The average Bonchev–Trinajstić information content (AvgIpc) is 2.41. The van der Waals surface area contributed by atoms with E-state index in [-0.39, 0.29) is 0 Å². The van der Waals surface area contributed by atoms with Crippen LogP contribution >= 0.6 is 0 Å². The van der Waals surface area contributed by atoms with Crippen LogP contribution in [0.15, 0.2) is 0 Å². The summed E-state index contributed by atoms with van der Waals surface area (Å²) in [5, 5.41) is 3.61. The average molecular weight is 253 g/mol. The van der Waals surface area contributed by atoms with Crippen LogP contribution in [0.3, 0.4) is 0 Å².